The third-order valence-corrected chi connectivity index (χ3v) is 9.44. The van der Waals surface area contributed by atoms with E-state index in [1.165, 1.54) is 90.2 Å². The van der Waals surface area contributed by atoms with E-state index < -0.39 is 23.1 Å². The maximum absolute atomic E-state index is 12.4. The average Bonchev–Trinajstić information content (AvgIpc) is 3.03. The average molecular weight is 633 g/mol. The Morgan fingerprint density at radius 2 is 1.26 bits per heavy atom. The second-order valence-electron chi connectivity index (χ2n) is 14.2. The maximum Gasteiger partial charge on any atom is 0.336 e. The highest BCUT2D eigenvalue weighted by Crippen LogP contribution is 2.38. The molecule has 46 heavy (non-hydrogen) atoms. The fourth-order valence-electron chi connectivity index (χ4n) is 5.93. The summed E-state index contributed by atoms with van der Waals surface area (Å²) in [5.74, 6) is -0.119. The van der Waals surface area contributed by atoms with Crippen molar-refractivity contribution in [2.45, 2.75) is 116 Å². The van der Waals surface area contributed by atoms with Gasteiger partial charge in [-0.1, -0.05) is 94.3 Å². The van der Waals surface area contributed by atoms with E-state index in [9.17, 15) is 19.8 Å². The van der Waals surface area contributed by atoms with Crippen LogP contribution in [0.3, 0.4) is 0 Å². The van der Waals surface area contributed by atoms with Gasteiger partial charge in [0.1, 0.15) is 0 Å². The number of ether oxygens (including phenoxy) is 2. The molecule has 252 valence electrons. The van der Waals surface area contributed by atoms with Crippen LogP contribution in [-0.2, 0) is 25.5 Å². The number of carbonyl (C=O) groups is 2. The zero-order valence-corrected chi connectivity index (χ0v) is 28.8. The molecule has 6 heteroatoms. The van der Waals surface area contributed by atoms with Crippen molar-refractivity contribution in [2.75, 3.05) is 13.2 Å². The van der Waals surface area contributed by atoms with Gasteiger partial charge < -0.3 is 19.7 Å². The molecule has 0 aromatic heterocycles. The highest BCUT2D eigenvalue weighted by Gasteiger charge is 2.28. The Kier molecular flexibility index (Phi) is 13.8. The van der Waals surface area contributed by atoms with Crippen LogP contribution in [-0.4, -0.2) is 46.6 Å². The van der Waals surface area contributed by atoms with Crippen molar-refractivity contribution in [1.82, 2.24) is 0 Å². The molecular weight excluding hydrogens is 576 g/mol. The number of hydrogen-bond acceptors (Lipinski definition) is 6. The van der Waals surface area contributed by atoms with Gasteiger partial charge in [0.2, 0.25) is 0 Å². The highest BCUT2D eigenvalue weighted by molar-refractivity contribution is 5.90. The molecule has 1 aliphatic carbocycles. The molecule has 0 spiro atoms. The molecule has 1 aliphatic rings. The van der Waals surface area contributed by atoms with Gasteiger partial charge in [-0.15, -0.1) is 0 Å². The van der Waals surface area contributed by atoms with Crippen molar-refractivity contribution in [3.8, 4) is 11.1 Å². The minimum atomic E-state index is -1.40. The molecule has 0 aliphatic heterocycles. The minimum absolute atomic E-state index is 0.0128. The van der Waals surface area contributed by atoms with Gasteiger partial charge in [0, 0.05) is 5.92 Å². The summed E-state index contributed by atoms with van der Waals surface area (Å²) >= 11 is 0. The molecule has 0 unspecified atom stereocenters. The summed E-state index contributed by atoms with van der Waals surface area (Å²) < 4.78 is 10.9. The zero-order chi connectivity index (χ0) is 33.9. The Morgan fingerprint density at radius 3 is 1.72 bits per heavy atom. The van der Waals surface area contributed by atoms with E-state index in [2.05, 4.69) is 68.6 Å². The molecule has 1 saturated carbocycles. The van der Waals surface area contributed by atoms with Crippen molar-refractivity contribution in [3.05, 3.63) is 84.0 Å². The smallest absolute Gasteiger partial charge is 0.336 e. The van der Waals surface area contributed by atoms with Crippen LogP contribution in [0.2, 0.25) is 0 Å². The molecule has 6 nitrogen and oxygen atoms in total. The zero-order valence-electron chi connectivity index (χ0n) is 28.8. The summed E-state index contributed by atoms with van der Waals surface area (Å²) in [4.78, 5) is 24.9. The van der Waals surface area contributed by atoms with Gasteiger partial charge in [0.15, 0.2) is 0 Å². The van der Waals surface area contributed by atoms with Gasteiger partial charge in [-0.25, -0.2) is 9.59 Å². The van der Waals surface area contributed by atoms with E-state index in [0.717, 1.165) is 17.0 Å². The third-order valence-electron chi connectivity index (χ3n) is 9.44. The van der Waals surface area contributed by atoms with E-state index in [4.69, 9.17) is 9.47 Å². The summed E-state index contributed by atoms with van der Waals surface area (Å²) in [6.07, 6.45) is 12.0. The van der Waals surface area contributed by atoms with E-state index in [-0.39, 0.29) is 30.3 Å². The van der Waals surface area contributed by atoms with Gasteiger partial charge in [-0.2, -0.15) is 0 Å². The van der Waals surface area contributed by atoms with Crippen LogP contribution in [0, 0.1) is 11.8 Å². The Morgan fingerprint density at radius 1 is 0.783 bits per heavy atom. The first-order valence-corrected chi connectivity index (χ1v) is 17.1. The molecule has 0 heterocycles. The van der Waals surface area contributed by atoms with Crippen molar-refractivity contribution in [3.63, 3.8) is 0 Å². The fourth-order valence-corrected chi connectivity index (χ4v) is 5.93. The summed E-state index contributed by atoms with van der Waals surface area (Å²) in [5.41, 5.74) is 2.01. The topological polar surface area (TPSA) is 93.1 Å². The standard InChI is InChI=1S/C40H56O6/c1-8-9-10-11-30-14-18-33(19-15-30)35-22-24-36(25-23-35)34-20-16-31(17-21-34)12-13-32(26-45-37(41)28(2)39(4,5)43)27-46-38(42)29(3)40(6,7)44/h16-17,20-25,30,32-33,43-44H,2-3,8-15,18-19,26-27H2,1,4-7H3. The Balaban J connectivity index is 1.57. The third kappa shape index (κ3) is 11.5. The van der Waals surface area contributed by atoms with E-state index in [1.807, 2.05) is 0 Å². The Hall–Kier alpha value is -3.22. The van der Waals surface area contributed by atoms with Crippen LogP contribution in [0.25, 0.3) is 11.1 Å². The Bertz CT molecular complexity index is 1240. The first-order chi connectivity index (χ1) is 21.7. The molecular formula is C40H56O6. The second-order valence-corrected chi connectivity index (χ2v) is 14.2. The van der Waals surface area contributed by atoms with Crippen molar-refractivity contribution < 1.29 is 29.3 Å². The molecule has 0 amide bonds. The second kappa shape index (κ2) is 17.1. The molecule has 2 aromatic carbocycles. The number of aliphatic hydroxyl groups is 2. The highest BCUT2D eigenvalue weighted by atomic mass is 16.5. The van der Waals surface area contributed by atoms with Crippen molar-refractivity contribution in [2.24, 2.45) is 11.8 Å². The van der Waals surface area contributed by atoms with Crippen LogP contribution < -0.4 is 0 Å². The van der Waals surface area contributed by atoms with Crippen LogP contribution in [0.15, 0.2) is 72.8 Å². The first-order valence-electron chi connectivity index (χ1n) is 17.1. The minimum Gasteiger partial charge on any atom is -0.462 e. The van der Waals surface area contributed by atoms with E-state index in [0.29, 0.717) is 18.8 Å². The number of benzene rings is 2. The van der Waals surface area contributed by atoms with Gasteiger partial charge in [-0.05, 0) is 100 Å². The quantitative estimate of drug-likeness (QED) is 0.103. The molecule has 2 aromatic rings. The van der Waals surface area contributed by atoms with Crippen LogP contribution in [0.5, 0.6) is 0 Å². The lowest BCUT2D eigenvalue weighted by Gasteiger charge is -2.29. The molecule has 3 rings (SSSR count). The number of rotatable bonds is 17. The maximum atomic E-state index is 12.4. The summed E-state index contributed by atoms with van der Waals surface area (Å²) in [6.45, 7) is 15.4. The lowest BCUT2D eigenvalue weighted by atomic mass is 9.77. The fraction of sp³-hybridized carbons (Fsp3) is 0.550. The monoisotopic (exact) mass is 632 g/mol. The summed E-state index contributed by atoms with van der Waals surface area (Å²) in [5, 5.41) is 20.2. The number of hydrogen-bond donors (Lipinski definition) is 2. The number of esters is 2. The lowest BCUT2D eigenvalue weighted by molar-refractivity contribution is -0.146. The van der Waals surface area contributed by atoms with Crippen LogP contribution >= 0.6 is 0 Å². The molecule has 2 N–H and O–H groups in total. The summed E-state index contributed by atoms with van der Waals surface area (Å²) in [7, 11) is 0. The van der Waals surface area contributed by atoms with Gasteiger partial charge >= 0.3 is 11.9 Å². The van der Waals surface area contributed by atoms with Crippen molar-refractivity contribution in [1.29, 1.82) is 0 Å². The van der Waals surface area contributed by atoms with Gasteiger partial charge in [0.25, 0.3) is 0 Å². The first kappa shape index (κ1) is 37.2. The largest absolute Gasteiger partial charge is 0.462 e. The number of aryl methyl sites for hydroxylation is 1. The summed E-state index contributed by atoms with van der Waals surface area (Å²) in [6, 6.07) is 17.5. The molecule has 0 atom stereocenters. The lowest BCUT2D eigenvalue weighted by Crippen LogP contribution is -2.31. The normalized spacial score (nSPS) is 17.0. The molecule has 0 bridgehead atoms. The number of unbranched alkanes of at least 4 members (excludes halogenated alkanes) is 2. The predicted octanol–water partition coefficient (Wildman–Crippen LogP) is 8.50. The van der Waals surface area contributed by atoms with Gasteiger partial charge in [-0.3, -0.25) is 0 Å². The van der Waals surface area contributed by atoms with E-state index in [1.54, 1.807) is 0 Å². The Labute approximate surface area is 276 Å². The van der Waals surface area contributed by atoms with Gasteiger partial charge in [0.05, 0.1) is 35.6 Å². The van der Waals surface area contributed by atoms with Crippen LogP contribution in [0.1, 0.15) is 109 Å². The molecule has 1 fully saturated rings. The predicted molar refractivity (Wildman–Crippen MR) is 185 cm³/mol. The molecule has 0 radical (unpaired) electrons. The van der Waals surface area contributed by atoms with Crippen molar-refractivity contribution >= 4 is 11.9 Å². The van der Waals surface area contributed by atoms with Crippen LogP contribution in [0.4, 0.5) is 0 Å². The molecule has 0 saturated heterocycles. The SMILES string of the molecule is C=C(C(=O)OCC(CCc1ccc(-c2ccc(C3CCC(CCCCC)CC3)cc2)cc1)COC(=O)C(=C)C(C)(C)O)C(C)(C)O. The van der Waals surface area contributed by atoms with E-state index >= 15 is 0 Å². The number of carbonyl (C=O) groups excluding carboxylic acids is 2.